The van der Waals surface area contributed by atoms with Gasteiger partial charge >= 0.3 is 6.09 Å². The van der Waals surface area contributed by atoms with Crippen LogP contribution in [0.4, 0.5) is 4.79 Å². The lowest BCUT2D eigenvalue weighted by molar-refractivity contribution is -0.131. The molecule has 8 rings (SSSR count). The summed E-state index contributed by atoms with van der Waals surface area (Å²) in [6.45, 7) is 8.09. The predicted octanol–water partition coefficient (Wildman–Crippen LogP) is 6.77. The molecule has 2 aliphatic heterocycles. The molecular formula is C53H60N8O10. The molecule has 2 saturated heterocycles. The molecule has 2 aliphatic rings. The third-order valence-electron chi connectivity index (χ3n) is 12.4. The number of likely N-dealkylation sites (tertiary alicyclic amines) is 1. The van der Waals surface area contributed by atoms with Gasteiger partial charge in [0.15, 0.2) is 0 Å². The van der Waals surface area contributed by atoms with Gasteiger partial charge < -0.3 is 35.1 Å². The number of amides is 5. The lowest BCUT2D eigenvalue weighted by Gasteiger charge is -2.42. The first-order chi connectivity index (χ1) is 34.2. The SMILES string of the molecule is CC(C)(C)OC(=O)N1CCC(CC(=O)NO)(NC(=O)c2ccc(OCc3ccnc4ccccc34)cc2)CC1.O=C(CC1(NC(=O)c2ccc(OCc3ccnc4ccccc34)cc2)CCNCC1)NO. The minimum Gasteiger partial charge on any atom is -0.489 e. The third-order valence-corrected chi connectivity index (χ3v) is 12.4. The molecule has 372 valence electrons. The number of nitrogens with zero attached hydrogens (tertiary/aromatic N) is 3. The Morgan fingerprint density at radius 3 is 1.45 bits per heavy atom. The number of piperidine rings is 2. The summed E-state index contributed by atoms with van der Waals surface area (Å²) in [5, 5.41) is 29.3. The quantitative estimate of drug-likeness (QED) is 0.0441. The normalized spacial score (nSPS) is 15.0. The molecule has 6 aromatic rings. The zero-order valence-corrected chi connectivity index (χ0v) is 40.0. The largest absolute Gasteiger partial charge is 0.489 e. The van der Waals surface area contributed by atoms with E-state index in [0.717, 1.165) is 32.9 Å². The highest BCUT2D eigenvalue weighted by Crippen LogP contribution is 2.29. The van der Waals surface area contributed by atoms with Crippen molar-refractivity contribution in [3.05, 3.63) is 144 Å². The molecule has 0 saturated carbocycles. The Kier molecular flexibility index (Phi) is 16.8. The second kappa shape index (κ2) is 23.3. The monoisotopic (exact) mass is 968 g/mol. The summed E-state index contributed by atoms with van der Waals surface area (Å²) in [4.78, 5) is 72.6. The number of fused-ring (bicyclic) bond motifs is 2. The number of hydrogen-bond donors (Lipinski definition) is 7. The molecule has 18 heteroatoms. The van der Waals surface area contributed by atoms with Crippen LogP contribution in [0.5, 0.6) is 11.5 Å². The molecule has 0 aliphatic carbocycles. The van der Waals surface area contributed by atoms with Gasteiger partial charge in [0.2, 0.25) is 11.8 Å². The average molecular weight is 969 g/mol. The highest BCUT2D eigenvalue weighted by molar-refractivity contribution is 5.96. The second-order valence-electron chi connectivity index (χ2n) is 18.7. The van der Waals surface area contributed by atoms with E-state index in [4.69, 9.17) is 24.6 Å². The van der Waals surface area contributed by atoms with E-state index in [1.165, 1.54) is 0 Å². The molecule has 4 aromatic carbocycles. The van der Waals surface area contributed by atoms with Crippen LogP contribution in [0.1, 0.15) is 91.1 Å². The predicted molar refractivity (Wildman–Crippen MR) is 264 cm³/mol. The number of benzene rings is 4. The van der Waals surface area contributed by atoms with E-state index in [0.29, 0.717) is 87.7 Å². The van der Waals surface area contributed by atoms with Crippen molar-refractivity contribution in [3.8, 4) is 11.5 Å². The summed E-state index contributed by atoms with van der Waals surface area (Å²) >= 11 is 0. The Hall–Kier alpha value is -7.67. The summed E-state index contributed by atoms with van der Waals surface area (Å²) in [5.74, 6) is -0.499. The summed E-state index contributed by atoms with van der Waals surface area (Å²) in [7, 11) is 0. The molecule has 5 amide bonds. The Bertz CT molecular complexity index is 2790. The number of hydrogen-bond acceptors (Lipinski definition) is 13. The van der Waals surface area contributed by atoms with Crippen molar-refractivity contribution in [3.63, 3.8) is 0 Å². The van der Waals surface area contributed by atoms with Gasteiger partial charge in [0.1, 0.15) is 30.3 Å². The fourth-order valence-corrected chi connectivity index (χ4v) is 8.65. The van der Waals surface area contributed by atoms with Crippen LogP contribution in [0.15, 0.2) is 122 Å². The van der Waals surface area contributed by atoms with Crippen LogP contribution in [-0.2, 0) is 27.5 Å². The van der Waals surface area contributed by atoms with E-state index < -0.39 is 34.6 Å². The molecule has 0 bridgehead atoms. The molecule has 2 fully saturated rings. The fraction of sp³-hybridized carbons (Fsp3) is 0.340. The standard InChI is InChI=1S/C29H34N4O6.C24H26N4O4/c1-28(2,3)39-27(36)33-16-13-29(14-17-33,18-25(34)32-37)31-26(35)20-8-10-22(11-9-20)38-19-21-12-15-30-24-7-5-4-6-23(21)24;29-22(28-31)15-24(10-13-25-14-11-24)27-23(30)17-5-7-19(8-6-17)32-16-18-9-12-26-21-4-2-1-3-20(18)21/h4-12,15,37H,13-14,16-19H2,1-3H3,(H,31,35)(H,32,34);1-9,12,25,31H,10-11,13-16H2,(H,27,30)(H,28,29). The van der Waals surface area contributed by atoms with Crippen LogP contribution in [-0.4, -0.2) is 97.9 Å². The van der Waals surface area contributed by atoms with E-state index in [-0.39, 0.29) is 24.7 Å². The van der Waals surface area contributed by atoms with Crippen LogP contribution in [0.25, 0.3) is 21.8 Å². The van der Waals surface area contributed by atoms with Gasteiger partial charge in [-0.25, -0.2) is 15.8 Å². The number of aromatic nitrogens is 2. The number of rotatable bonds is 14. The molecular weight excluding hydrogens is 909 g/mol. The van der Waals surface area contributed by atoms with Crippen LogP contribution in [0.3, 0.4) is 0 Å². The first kappa shape index (κ1) is 51.2. The topological polar surface area (TPSA) is 243 Å². The summed E-state index contributed by atoms with van der Waals surface area (Å²) in [5.41, 5.74) is 5.80. The highest BCUT2D eigenvalue weighted by atomic mass is 16.6. The Balaban J connectivity index is 0.000000213. The van der Waals surface area contributed by atoms with Crippen molar-refractivity contribution in [2.24, 2.45) is 0 Å². The van der Waals surface area contributed by atoms with Crippen LogP contribution >= 0.6 is 0 Å². The van der Waals surface area contributed by atoms with E-state index >= 15 is 0 Å². The first-order valence-corrected chi connectivity index (χ1v) is 23.5. The molecule has 0 radical (unpaired) electrons. The van der Waals surface area contributed by atoms with Crippen molar-refractivity contribution >= 4 is 51.5 Å². The first-order valence-electron chi connectivity index (χ1n) is 23.5. The Labute approximate surface area is 411 Å². The van der Waals surface area contributed by atoms with E-state index in [2.05, 4.69) is 25.9 Å². The zero-order valence-electron chi connectivity index (χ0n) is 40.0. The minimum absolute atomic E-state index is 0.0258. The van der Waals surface area contributed by atoms with E-state index in [1.54, 1.807) is 97.6 Å². The van der Waals surface area contributed by atoms with Crippen LogP contribution < -0.4 is 36.4 Å². The van der Waals surface area contributed by atoms with Crippen molar-refractivity contribution in [2.45, 2.75) is 89.2 Å². The number of carbonyl (C=O) groups is 5. The molecule has 0 atom stereocenters. The number of nitrogens with one attached hydrogen (secondary N) is 5. The molecule has 2 aromatic heterocycles. The van der Waals surface area contributed by atoms with Crippen LogP contribution in [0, 0.1) is 0 Å². The van der Waals surface area contributed by atoms with Gasteiger partial charge in [-0.05, 0) is 132 Å². The smallest absolute Gasteiger partial charge is 0.410 e. The summed E-state index contributed by atoms with van der Waals surface area (Å²) < 4.78 is 17.3. The van der Waals surface area contributed by atoms with Crippen LogP contribution in [0.2, 0.25) is 0 Å². The lowest BCUT2D eigenvalue weighted by atomic mass is 9.83. The lowest BCUT2D eigenvalue weighted by Crippen LogP contribution is -2.58. The minimum atomic E-state index is -0.931. The van der Waals surface area contributed by atoms with Gasteiger partial charge in [-0.3, -0.25) is 39.6 Å². The fourth-order valence-electron chi connectivity index (χ4n) is 8.65. The van der Waals surface area contributed by atoms with Crippen molar-refractivity contribution < 1.29 is 48.6 Å². The van der Waals surface area contributed by atoms with Gasteiger partial charge in [0.25, 0.3) is 11.8 Å². The number of carbonyl (C=O) groups excluding carboxylic acids is 5. The average Bonchev–Trinajstić information content (AvgIpc) is 3.37. The number of para-hydroxylation sites is 2. The molecule has 0 spiro atoms. The Morgan fingerprint density at radius 1 is 0.606 bits per heavy atom. The Morgan fingerprint density at radius 2 is 1.03 bits per heavy atom. The highest BCUT2D eigenvalue weighted by Gasteiger charge is 2.40. The maximum Gasteiger partial charge on any atom is 0.410 e. The third kappa shape index (κ3) is 14.0. The van der Waals surface area contributed by atoms with Crippen molar-refractivity contribution in [2.75, 3.05) is 26.2 Å². The second-order valence-corrected chi connectivity index (χ2v) is 18.7. The van der Waals surface area contributed by atoms with Gasteiger partial charge in [-0.15, -0.1) is 0 Å². The van der Waals surface area contributed by atoms with Crippen molar-refractivity contribution in [1.29, 1.82) is 0 Å². The molecule has 4 heterocycles. The molecule has 7 N–H and O–H groups in total. The maximum atomic E-state index is 13.2. The van der Waals surface area contributed by atoms with Gasteiger partial charge in [0.05, 0.1) is 35.0 Å². The van der Waals surface area contributed by atoms with Gasteiger partial charge in [-0.1, -0.05) is 36.4 Å². The summed E-state index contributed by atoms with van der Waals surface area (Å²) in [6.07, 6.45) is 4.83. The van der Waals surface area contributed by atoms with Crippen molar-refractivity contribution in [1.82, 2.24) is 41.8 Å². The van der Waals surface area contributed by atoms with E-state index in [1.807, 2.05) is 60.7 Å². The zero-order chi connectivity index (χ0) is 50.4. The van der Waals surface area contributed by atoms with Gasteiger partial charge in [0, 0.05) is 58.5 Å². The molecule has 71 heavy (non-hydrogen) atoms. The maximum absolute atomic E-state index is 13.2. The molecule has 18 nitrogen and oxygen atoms in total. The number of hydroxylamine groups is 2. The number of ether oxygens (including phenoxy) is 3. The number of pyridine rings is 2. The molecule has 0 unspecified atom stereocenters. The van der Waals surface area contributed by atoms with E-state index in [9.17, 15) is 24.0 Å². The van der Waals surface area contributed by atoms with Gasteiger partial charge in [-0.2, -0.15) is 0 Å². The summed E-state index contributed by atoms with van der Waals surface area (Å²) in [6, 6.07) is 33.3.